The van der Waals surface area contributed by atoms with E-state index in [2.05, 4.69) is 35.2 Å². The zero-order valence-electron chi connectivity index (χ0n) is 17.5. The Bertz CT molecular complexity index is 1020. The Labute approximate surface area is 181 Å². The highest BCUT2D eigenvalue weighted by Crippen LogP contribution is 2.37. The van der Waals surface area contributed by atoms with Crippen LogP contribution in [-0.2, 0) is 11.2 Å². The molecular formula is C25H28N2O2S. The maximum absolute atomic E-state index is 13.1. The van der Waals surface area contributed by atoms with Gasteiger partial charge in [0.15, 0.2) is 0 Å². The summed E-state index contributed by atoms with van der Waals surface area (Å²) in [5.41, 5.74) is 3.80. The standard InChI is InChI=1S/C25H28N2O2S/c1-29-20-9-10-21-18(15-20)5-4-6-19(21)16-24(28)27-13-11-17(12-14-27)25-26-22-7-2-3-8-23(22)30-25/h2-3,7-10,15,17,19H,4-6,11-14,16H2,1H3. The van der Waals surface area contributed by atoms with Gasteiger partial charge >= 0.3 is 0 Å². The number of likely N-dealkylation sites (tertiary alicyclic amines) is 1. The number of amides is 1. The molecule has 1 aliphatic heterocycles. The van der Waals surface area contributed by atoms with E-state index >= 15 is 0 Å². The van der Waals surface area contributed by atoms with Gasteiger partial charge in [-0.3, -0.25) is 4.79 Å². The summed E-state index contributed by atoms with van der Waals surface area (Å²) in [6.45, 7) is 1.70. The summed E-state index contributed by atoms with van der Waals surface area (Å²) in [7, 11) is 1.71. The molecule has 0 spiro atoms. The van der Waals surface area contributed by atoms with E-state index in [0.717, 1.165) is 56.5 Å². The normalized spacial score (nSPS) is 19.6. The van der Waals surface area contributed by atoms with Crippen molar-refractivity contribution in [3.05, 3.63) is 58.6 Å². The van der Waals surface area contributed by atoms with Crippen molar-refractivity contribution in [1.82, 2.24) is 9.88 Å². The summed E-state index contributed by atoms with van der Waals surface area (Å²) in [6.07, 6.45) is 6.01. The highest BCUT2D eigenvalue weighted by atomic mass is 32.1. The first-order valence-corrected chi connectivity index (χ1v) is 11.8. The fraction of sp³-hybridized carbons (Fsp3) is 0.440. The number of rotatable bonds is 4. The molecule has 1 fully saturated rings. The van der Waals surface area contributed by atoms with E-state index in [1.54, 1.807) is 7.11 Å². The van der Waals surface area contributed by atoms with Gasteiger partial charge in [-0.2, -0.15) is 0 Å². The number of carbonyl (C=O) groups excluding carboxylic acids is 1. The molecular weight excluding hydrogens is 392 g/mol. The predicted molar refractivity (Wildman–Crippen MR) is 121 cm³/mol. The molecule has 2 aromatic carbocycles. The minimum Gasteiger partial charge on any atom is -0.497 e. The second kappa shape index (κ2) is 8.38. The number of methoxy groups -OCH3 is 1. The highest BCUT2D eigenvalue weighted by molar-refractivity contribution is 7.18. The van der Waals surface area contributed by atoms with Crippen LogP contribution in [0.15, 0.2) is 42.5 Å². The highest BCUT2D eigenvalue weighted by Gasteiger charge is 2.29. The zero-order chi connectivity index (χ0) is 20.5. The van der Waals surface area contributed by atoms with Gasteiger partial charge in [0.25, 0.3) is 0 Å². The number of aromatic nitrogens is 1. The van der Waals surface area contributed by atoms with Crippen LogP contribution >= 0.6 is 11.3 Å². The first-order chi connectivity index (χ1) is 14.7. The van der Waals surface area contributed by atoms with E-state index in [1.807, 2.05) is 23.5 Å². The number of thiazole rings is 1. The lowest BCUT2D eigenvalue weighted by molar-refractivity contribution is -0.132. The molecule has 5 rings (SSSR count). The Hall–Kier alpha value is -2.40. The maximum Gasteiger partial charge on any atom is 0.223 e. The fourth-order valence-electron chi connectivity index (χ4n) is 5.01. The summed E-state index contributed by atoms with van der Waals surface area (Å²) in [6, 6.07) is 14.7. The van der Waals surface area contributed by atoms with Crippen molar-refractivity contribution < 1.29 is 9.53 Å². The molecule has 4 nitrogen and oxygen atoms in total. The van der Waals surface area contributed by atoms with Gasteiger partial charge in [0.05, 0.1) is 22.3 Å². The van der Waals surface area contributed by atoms with Crippen molar-refractivity contribution >= 4 is 27.5 Å². The van der Waals surface area contributed by atoms with Crippen LogP contribution in [0.3, 0.4) is 0 Å². The molecule has 2 aliphatic rings. The number of piperidine rings is 1. The molecule has 0 bridgehead atoms. The van der Waals surface area contributed by atoms with E-state index < -0.39 is 0 Å². The van der Waals surface area contributed by atoms with Gasteiger partial charge in [-0.1, -0.05) is 18.2 Å². The SMILES string of the molecule is COc1ccc2c(c1)CCCC2CC(=O)N1CCC(c2nc3ccccc3s2)CC1. The van der Waals surface area contributed by atoms with Gasteiger partial charge in [0.2, 0.25) is 5.91 Å². The molecule has 30 heavy (non-hydrogen) atoms. The number of ether oxygens (including phenoxy) is 1. The third-order valence-corrected chi connectivity index (χ3v) is 7.92. The minimum atomic E-state index is 0.311. The zero-order valence-corrected chi connectivity index (χ0v) is 18.3. The molecule has 2 heterocycles. The number of carbonyl (C=O) groups is 1. The van der Waals surface area contributed by atoms with Crippen LogP contribution in [0.1, 0.15) is 60.1 Å². The van der Waals surface area contributed by atoms with Gasteiger partial charge in [-0.25, -0.2) is 4.98 Å². The molecule has 1 amide bonds. The molecule has 1 aliphatic carbocycles. The third-order valence-electron chi connectivity index (χ3n) is 6.72. The molecule has 0 saturated carbocycles. The van der Waals surface area contributed by atoms with Crippen molar-refractivity contribution in [1.29, 1.82) is 0 Å². The predicted octanol–water partition coefficient (Wildman–Crippen LogP) is 5.52. The van der Waals surface area contributed by atoms with Crippen LogP contribution in [-0.4, -0.2) is 36.0 Å². The number of para-hydroxylation sites is 1. The molecule has 156 valence electrons. The van der Waals surface area contributed by atoms with Gasteiger partial charge in [0.1, 0.15) is 5.75 Å². The number of hydrogen-bond donors (Lipinski definition) is 0. The van der Waals surface area contributed by atoms with Crippen molar-refractivity contribution in [2.24, 2.45) is 0 Å². The van der Waals surface area contributed by atoms with Crippen LogP contribution in [0.2, 0.25) is 0 Å². The van der Waals surface area contributed by atoms with E-state index in [9.17, 15) is 4.79 Å². The Kier molecular flexibility index (Phi) is 5.47. The summed E-state index contributed by atoms with van der Waals surface area (Å²) in [5, 5.41) is 1.23. The number of fused-ring (bicyclic) bond motifs is 2. The lowest BCUT2D eigenvalue weighted by Crippen LogP contribution is -2.38. The molecule has 5 heteroatoms. The van der Waals surface area contributed by atoms with E-state index in [-0.39, 0.29) is 0 Å². The largest absolute Gasteiger partial charge is 0.497 e. The summed E-state index contributed by atoms with van der Waals surface area (Å²) in [5.74, 6) is 2.05. The Balaban J connectivity index is 1.21. The molecule has 1 aromatic heterocycles. The van der Waals surface area contributed by atoms with Crippen molar-refractivity contribution in [2.45, 2.75) is 50.4 Å². The lowest BCUT2D eigenvalue weighted by atomic mass is 9.80. The molecule has 1 atom stereocenters. The first-order valence-electron chi connectivity index (χ1n) is 11.0. The first kappa shape index (κ1) is 19.6. The average Bonchev–Trinajstić information content (AvgIpc) is 3.23. The molecule has 0 radical (unpaired) electrons. The van der Waals surface area contributed by atoms with Crippen LogP contribution in [0.5, 0.6) is 5.75 Å². The number of benzene rings is 2. The van der Waals surface area contributed by atoms with Crippen LogP contribution < -0.4 is 4.74 Å². The lowest BCUT2D eigenvalue weighted by Gasteiger charge is -2.33. The molecule has 3 aromatic rings. The van der Waals surface area contributed by atoms with E-state index in [1.165, 1.54) is 20.8 Å². The van der Waals surface area contributed by atoms with Gasteiger partial charge < -0.3 is 9.64 Å². The summed E-state index contributed by atoms with van der Waals surface area (Å²) >= 11 is 1.81. The fourth-order valence-corrected chi connectivity index (χ4v) is 6.15. The topological polar surface area (TPSA) is 42.4 Å². The van der Waals surface area contributed by atoms with Gasteiger partial charge in [-0.05, 0) is 73.4 Å². The minimum absolute atomic E-state index is 0.311. The summed E-state index contributed by atoms with van der Waals surface area (Å²) in [4.78, 5) is 20.0. The second-order valence-electron chi connectivity index (χ2n) is 8.53. The van der Waals surface area contributed by atoms with Crippen molar-refractivity contribution in [2.75, 3.05) is 20.2 Å². The van der Waals surface area contributed by atoms with Crippen LogP contribution in [0.4, 0.5) is 0 Å². The monoisotopic (exact) mass is 420 g/mol. The van der Waals surface area contributed by atoms with Crippen molar-refractivity contribution in [3.63, 3.8) is 0 Å². The average molecular weight is 421 g/mol. The third kappa shape index (κ3) is 3.83. The maximum atomic E-state index is 13.1. The van der Waals surface area contributed by atoms with E-state index in [4.69, 9.17) is 9.72 Å². The van der Waals surface area contributed by atoms with Crippen molar-refractivity contribution in [3.8, 4) is 5.75 Å². The Morgan fingerprint density at radius 2 is 2.00 bits per heavy atom. The summed E-state index contributed by atoms with van der Waals surface area (Å²) < 4.78 is 6.64. The number of hydrogen-bond acceptors (Lipinski definition) is 4. The van der Waals surface area contributed by atoms with E-state index in [0.29, 0.717) is 24.2 Å². The smallest absolute Gasteiger partial charge is 0.223 e. The quantitative estimate of drug-likeness (QED) is 0.558. The van der Waals surface area contributed by atoms with Gasteiger partial charge in [0, 0.05) is 25.4 Å². The molecule has 1 unspecified atom stereocenters. The molecule has 1 saturated heterocycles. The van der Waals surface area contributed by atoms with Crippen LogP contribution in [0, 0.1) is 0 Å². The van der Waals surface area contributed by atoms with Crippen LogP contribution in [0.25, 0.3) is 10.2 Å². The Morgan fingerprint density at radius 1 is 1.17 bits per heavy atom. The molecule has 0 N–H and O–H groups in total. The Morgan fingerprint density at radius 3 is 2.80 bits per heavy atom. The number of aryl methyl sites for hydroxylation is 1. The van der Waals surface area contributed by atoms with Gasteiger partial charge in [-0.15, -0.1) is 11.3 Å². The second-order valence-corrected chi connectivity index (χ2v) is 9.60. The number of nitrogens with zero attached hydrogens (tertiary/aromatic N) is 2.